The SMILES string of the molecule is CC(=O)C=C(C)O.CCC(CC)C(=O)C=C(O)C(CC)CC.CCC(CC)C(=O)C=C(O)C(CC)CC.CCCc1cccc2nc(-c3[c-]c(C)cc(C)c3)ccc12.CCCc1cccc2nc(-c3[c-]c(C)cc(C)c3)ccc12.CCCc1cccc2nc(-c3[c-]c(C)cc(C)c3)ccc12.Cc1[c-]c(-c2ccc3c(-c4ccc(C)cc4)cccc3n2)cc(C)c1.O=C(C=C(O)C1CCCC1)C1CCCC1.[Ir].[Ir].[Ir].[Ir]. The zero-order valence-corrected chi connectivity index (χ0v) is 98.9. The number of rotatable bonds is 29. The molecule has 0 saturated heterocycles. The Kier molecular flexibility index (Phi) is 57.6. The predicted molar refractivity (Wildman–Crippen MR) is 589 cm³/mol. The van der Waals surface area contributed by atoms with Crippen LogP contribution in [0.15, 0.2) is 241 Å². The maximum Gasteiger partial charge on any atom is 0.162 e. The van der Waals surface area contributed by atoms with Crippen molar-refractivity contribution in [3.63, 3.8) is 0 Å². The Bertz CT molecular complexity index is 5870. The van der Waals surface area contributed by atoms with Gasteiger partial charge in [0.1, 0.15) is 0 Å². The number of benzene rings is 9. The summed E-state index contributed by atoms with van der Waals surface area (Å²) >= 11 is 0. The quantitative estimate of drug-likeness (QED) is 0.0197. The molecule has 12 nitrogen and oxygen atoms in total. The first-order valence-electron chi connectivity index (χ1n) is 51.6. The third-order valence-electron chi connectivity index (χ3n) is 26.2. The molecule has 0 atom stereocenters. The molecule has 15 rings (SSSR count). The van der Waals surface area contributed by atoms with E-state index in [1.165, 1.54) is 141 Å². The fourth-order valence-corrected chi connectivity index (χ4v) is 18.7. The summed E-state index contributed by atoms with van der Waals surface area (Å²) in [6, 6.07) is 82.3. The molecule has 0 amide bonds. The normalized spacial score (nSPS) is 12.5. The Morgan fingerprint density at radius 3 is 0.882 bits per heavy atom. The maximum atomic E-state index is 11.8. The fourth-order valence-electron chi connectivity index (χ4n) is 18.7. The molecule has 9 aromatic carbocycles. The minimum atomic E-state index is -0.125. The first-order valence-corrected chi connectivity index (χ1v) is 51.6. The van der Waals surface area contributed by atoms with Crippen molar-refractivity contribution in [3.05, 3.63) is 332 Å². The molecule has 0 spiro atoms. The summed E-state index contributed by atoms with van der Waals surface area (Å²) in [5, 5.41) is 42.7. The summed E-state index contributed by atoms with van der Waals surface area (Å²) < 4.78 is 0. The van der Waals surface area contributed by atoms with Crippen LogP contribution in [0.4, 0.5) is 0 Å². The van der Waals surface area contributed by atoms with E-state index in [-0.39, 0.29) is 156 Å². The van der Waals surface area contributed by atoms with Crippen molar-refractivity contribution in [2.24, 2.45) is 35.5 Å². The summed E-state index contributed by atoms with van der Waals surface area (Å²) in [4.78, 5) is 64.6. The van der Waals surface area contributed by atoms with Gasteiger partial charge >= 0.3 is 0 Å². The van der Waals surface area contributed by atoms with Crippen LogP contribution in [0.2, 0.25) is 0 Å². The van der Waals surface area contributed by atoms with E-state index in [4.69, 9.17) is 25.0 Å². The number of aryl methyl sites for hydroxylation is 12. The summed E-state index contributed by atoms with van der Waals surface area (Å²) in [6.07, 6.45) is 28.2. The van der Waals surface area contributed by atoms with Crippen LogP contribution in [0.5, 0.6) is 0 Å². The molecule has 2 fully saturated rings. The molecule has 2 saturated carbocycles. The molecular formula is C128H156Ir4N4O8-4. The van der Waals surface area contributed by atoms with Gasteiger partial charge in [-0.1, -0.05) is 303 Å². The van der Waals surface area contributed by atoms with E-state index < -0.39 is 0 Å². The van der Waals surface area contributed by atoms with Gasteiger partial charge in [0.25, 0.3) is 0 Å². The van der Waals surface area contributed by atoms with Crippen LogP contribution in [0.3, 0.4) is 0 Å². The van der Waals surface area contributed by atoms with Gasteiger partial charge in [-0.15, -0.1) is 140 Å². The number of pyridine rings is 4. The summed E-state index contributed by atoms with van der Waals surface area (Å²) in [7, 11) is 0. The molecule has 4 aromatic heterocycles. The van der Waals surface area contributed by atoms with E-state index in [0.717, 1.165) is 205 Å². The first kappa shape index (κ1) is 126. The molecule has 2 aliphatic rings. The predicted octanol–water partition coefficient (Wildman–Crippen LogP) is 34.3. The zero-order chi connectivity index (χ0) is 102. The van der Waals surface area contributed by atoms with Gasteiger partial charge in [-0.3, -0.25) is 39.1 Å². The molecule has 4 radical (unpaired) electrons. The Morgan fingerprint density at radius 1 is 0.326 bits per heavy atom. The number of carbonyl (C=O) groups is 4. The van der Waals surface area contributed by atoms with Gasteiger partial charge in [0.05, 0.1) is 45.1 Å². The molecule has 0 bridgehead atoms. The third-order valence-corrected chi connectivity index (χ3v) is 26.2. The second-order valence-electron chi connectivity index (χ2n) is 38.1. The Morgan fingerprint density at radius 2 is 0.611 bits per heavy atom. The number of hydrogen-bond acceptors (Lipinski definition) is 12. The van der Waals surface area contributed by atoms with Gasteiger partial charge in [-0.05, 0) is 192 Å². The topological polar surface area (TPSA) is 201 Å². The van der Waals surface area contributed by atoms with Crippen molar-refractivity contribution in [2.75, 3.05) is 0 Å². The molecule has 144 heavy (non-hydrogen) atoms. The number of ketones is 4. The van der Waals surface area contributed by atoms with Gasteiger partial charge in [0.2, 0.25) is 0 Å². The van der Waals surface area contributed by atoms with E-state index in [2.05, 4.69) is 301 Å². The number of aromatic nitrogens is 4. The van der Waals surface area contributed by atoms with E-state index in [0.29, 0.717) is 5.76 Å². The standard InChI is InChI=1S/C24H20N.3C20H20N.C13H20O2.2C13H24O2.C5H8O2.4Ir/c1-16-7-9-19(10-8-16)21-5-4-6-24-22(21)11-12-23(25-24)20-14-17(2)13-18(3)15-20;3*1-4-6-16-7-5-8-20-18(16)9-10-19(21-20)17-12-14(2)11-15(3)13-17;14-12(10-5-1-2-6-10)9-13(15)11-7-3-4-8-11;2*1-5-10(6-2)12(14)9-13(15)11(7-3)8-4;1-4(6)3-5(2)7;;;;/h4-14H,1-3H3;3*5,7-12H,4,6H2,1-3H3;9-11,14H,1-8H2;2*9-11,14H,5-8H2,1-4H3;3,6H,1-2H3;;;;/q4*-1;;;;;;;;. The van der Waals surface area contributed by atoms with Crippen LogP contribution >= 0.6 is 0 Å². The van der Waals surface area contributed by atoms with Crippen LogP contribution in [0.1, 0.15) is 279 Å². The molecule has 16 heteroatoms. The molecule has 0 unspecified atom stereocenters. The second kappa shape index (κ2) is 65.6. The average molecular weight is 2650 g/mol. The number of carbonyl (C=O) groups excluding carboxylic acids is 4. The number of aliphatic hydroxyl groups is 4. The van der Waals surface area contributed by atoms with Crippen molar-refractivity contribution in [2.45, 2.75) is 294 Å². The molecule has 4 N–H and O–H groups in total. The minimum Gasteiger partial charge on any atom is -0.512 e. The van der Waals surface area contributed by atoms with Crippen molar-refractivity contribution in [1.29, 1.82) is 0 Å². The van der Waals surface area contributed by atoms with E-state index in [9.17, 15) is 34.5 Å². The van der Waals surface area contributed by atoms with E-state index in [1.54, 1.807) is 0 Å². The molecular weight excluding hydrogens is 2490 g/mol. The molecule has 776 valence electrons. The van der Waals surface area contributed by atoms with Gasteiger partial charge in [0.15, 0.2) is 23.1 Å². The fraction of sp³-hybridized carbons (Fsp3) is 0.391. The van der Waals surface area contributed by atoms with Crippen LogP contribution in [0, 0.1) is 122 Å². The number of aliphatic hydroxyl groups excluding tert-OH is 4. The Hall–Kier alpha value is -9.94. The molecule has 13 aromatic rings. The molecule has 4 heterocycles. The Balaban J connectivity index is 0.000000347. The summed E-state index contributed by atoms with van der Waals surface area (Å²) in [5.74, 6) is 2.02. The van der Waals surface area contributed by atoms with E-state index in [1.807, 2.05) is 55.4 Å². The van der Waals surface area contributed by atoms with Crippen molar-refractivity contribution < 1.29 is 120 Å². The zero-order valence-electron chi connectivity index (χ0n) is 89.3. The molecule has 2 aliphatic carbocycles. The van der Waals surface area contributed by atoms with Crippen molar-refractivity contribution in [3.8, 4) is 56.2 Å². The smallest absolute Gasteiger partial charge is 0.162 e. The largest absolute Gasteiger partial charge is 0.512 e. The average Bonchev–Trinajstić information content (AvgIpc) is 0.877. The van der Waals surface area contributed by atoms with Gasteiger partial charge < -0.3 is 20.4 Å². The number of hydrogen-bond donors (Lipinski definition) is 4. The minimum absolute atomic E-state index is 0. The number of nitrogens with zero attached hydrogens (tertiary/aromatic N) is 4. The second-order valence-corrected chi connectivity index (χ2v) is 38.1. The maximum absolute atomic E-state index is 11.8. The van der Waals surface area contributed by atoms with Crippen molar-refractivity contribution in [1.82, 2.24) is 19.9 Å². The number of allylic oxidation sites excluding steroid dienone is 8. The van der Waals surface area contributed by atoms with Crippen LogP contribution < -0.4 is 0 Å². The van der Waals surface area contributed by atoms with Gasteiger partial charge in [-0.25, -0.2) is 0 Å². The Labute approximate surface area is 916 Å². The summed E-state index contributed by atoms with van der Waals surface area (Å²) in [6.45, 7) is 44.5. The van der Waals surface area contributed by atoms with Crippen LogP contribution in [-0.2, 0) is 119 Å². The van der Waals surface area contributed by atoms with Crippen LogP contribution in [-0.4, -0.2) is 63.5 Å². The monoisotopic (exact) mass is 2650 g/mol. The van der Waals surface area contributed by atoms with E-state index >= 15 is 0 Å². The number of fused-ring (bicyclic) bond motifs is 4. The van der Waals surface area contributed by atoms with Gasteiger partial charge in [0, 0.05) is 162 Å². The molecule has 0 aliphatic heterocycles. The summed E-state index contributed by atoms with van der Waals surface area (Å²) in [5.41, 5.74) is 30.0. The van der Waals surface area contributed by atoms with Gasteiger partial charge in [-0.2, -0.15) is 0 Å². The first-order chi connectivity index (χ1) is 67.2. The van der Waals surface area contributed by atoms with Crippen molar-refractivity contribution >= 4 is 66.7 Å². The third kappa shape index (κ3) is 39.7. The van der Waals surface area contributed by atoms with Crippen LogP contribution in [0.25, 0.3) is 99.8 Å².